The number of imidazole rings is 1. The zero-order valence-corrected chi connectivity index (χ0v) is 16.1. The third-order valence-electron chi connectivity index (χ3n) is 3.61. The van der Waals surface area contributed by atoms with Crippen LogP contribution >= 0.6 is 12.6 Å². The monoisotopic (exact) mass is 429 g/mol. The lowest BCUT2D eigenvalue weighted by molar-refractivity contribution is -0.141. The maximum Gasteiger partial charge on any atom is 0.327 e. The maximum atomic E-state index is 12.2. The Labute approximate surface area is 170 Å². The molecular formula is C15H23N7O6S. The third-order valence-corrected chi connectivity index (χ3v) is 3.97. The SMILES string of the molecule is NC(=O)CC(NC(=O)CNC(=O)C(N)Cc1cnc[nH]1)C(=O)NC(CS)C(=O)O. The molecule has 0 bridgehead atoms. The van der Waals surface area contributed by atoms with Crippen LogP contribution in [-0.4, -0.2) is 75.1 Å². The molecule has 0 fully saturated rings. The molecule has 160 valence electrons. The molecule has 3 unspecified atom stereocenters. The standard InChI is InChI=1S/C15H23N7O6S/c16-8(1-7-3-18-6-20-7)13(25)19-4-12(24)21-9(2-11(17)23)14(26)22-10(5-29)15(27)28/h3,6,8-10,29H,1-2,4-5,16H2,(H2,17,23)(H,18,20)(H,19,25)(H,21,24)(H,22,26)(H,27,28). The Balaban J connectivity index is 2.58. The van der Waals surface area contributed by atoms with Gasteiger partial charge in [-0.25, -0.2) is 9.78 Å². The van der Waals surface area contributed by atoms with Gasteiger partial charge in [0.05, 0.1) is 25.3 Å². The number of H-pyrrole nitrogens is 1. The van der Waals surface area contributed by atoms with Crippen LogP contribution in [0.4, 0.5) is 0 Å². The second-order valence-electron chi connectivity index (χ2n) is 5.98. The van der Waals surface area contributed by atoms with E-state index in [2.05, 4.69) is 38.5 Å². The Bertz CT molecular complexity index is 742. The number of primary amides is 1. The fraction of sp³-hybridized carbons (Fsp3) is 0.467. The van der Waals surface area contributed by atoms with Gasteiger partial charge in [0, 0.05) is 24.1 Å². The van der Waals surface area contributed by atoms with Gasteiger partial charge in [-0.3, -0.25) is 19.2 Å². The van der Waals surface area contributed by atoms with E-state index in [1.54, 1.807) is 0 Å². The van der Waals surface area contributed by atoms with E-state index in [1.807, 2.05) is 0 Å². The highest BCUT2D eigenvalue weighted by atomic mass is 32.1. The molecule has 14 heteroatoms. The van der Waals surface area contributed by atoms with Crippen molar-refractivity contribution in [2.45, 2.75) is 31.0 Å². The van der Waals surface area contributed by atoms with Gasteiger partial charge in [0.15, 0.2) is 0 Å². The summed E-state index contributed by atoms with van der Waals surface area (Å²) in [5.41, 5.74) is 11.4. The average molecular weight is 429 g/mol. The van der Waals surface area contributed by atoms with E-state index in [4.69, 9.17) is 16.6 Å². The number of nitrogens with two attached hydrogens (primary N) is 2. The topological polar surface area (TPSA) is 222 Å². The number of aromatic nitrogens is 2. The van der Waals surface area contributed by atoms with E-state index < -0.39 is 60.7 Å². The number of carbonyl (C=O) groups excluding carboxylic acids is 4. The average Bonchev–Trinajstić information content (AvgIpc) is 3.15. The van der Waals surface area contributed by atoms with Crippen molar-refractivity contribution in [1.82, 2.24) is 25.9 Å². The quantitative estimate of drug-likeness (QED) is 0.154. The number of thiol groups is 1. The predicted octanol–water partition coefficient (Wildman–Crippen LogP) is -3.74. The summed E-state index contributed by atoms with van der Waals surface area (Å²) in [6, 6.07) is -3.68. The molecule has 0 aliphatic carbocycles. The number of carboxylic acids is 1. The fourth-order valence-corrected chi connectivity index (χ4v) is 2.39. The minimum atomic E-state index is -1.42. The van der Waals surface area contributed by atoms with Gasteiger partial charge < -0.3 is 37.5 Å². The second-order valence-corrected chi connectivity index (χ2v) is 6.34. The Morgan fingerprint density at radius 1 is 1.17 bits per heavy atom. The van der Waals surface area contributed by atoms with Crippen LogP contribution < -0.4 is 27.4 Å². The molecule has 0 aromatic carbocycles. The first-order valence-corrected chi connectivity index (χ1v) is 8.99. The molecule has 0 saturated carbocycles. The Kier molecular flexibility index (Phi) is 9.61. The van der Waals surface area contributed by atoms with Crippen molar-refractivity contribution in [3.05, 3.63) is 18.2 Å². The zero-order valence-electron chi connectivity index (χ0n) is 15.3. The van der Waals surface area contributed by atoms with Crippen LogP contribution in [0.5, 0.6) is 0 Å². The molecule has 0 radical (unpaired) electrons. The summed E-state index contributed by atoms with van der Waals surface area (Å²) < 4.78 is 0. The number of carboxylic acid groups (broad SMARTS) is 1. The van der Waals surface area contributed by atoms with Gasteiger partial charge in [-0.05, 0) is 0 Å². The summed E-state index contributed by atoms with van der Waals surface area (Å²) in [6.45, 7) is -0.521. The van der Waals surface area contributed by atoms with Crippen LogP contribution in [0.1, 0.15) is 12.1 Å². The van der Waals surface area contributed by atoms with E-state index in [-0.39, 0.29) is 12.2 Å². The van der Waals surface area contributed by atoms with Crippen LogP contribution in [0.15, 0.2) is 12.5 Å². The summed E-state index contributed by atoms with van der Waals surface area (Å²) in [5, 5.41) is 15.6. The maximum absolute atomic E-state index is 12.2. The Morgan fingerprint density at radius 2 is 1.86 bits per heavy atom. The smallest absolute Gasteiger partial charge is 0.327 e. The van der Waals surface area contributed by atoms with Gasteiger partial charge in [-0.15, -0.1) is 0 Å². The second kappa shape index (κ2) is 11.7. The highest BCUT2D eigenvalue weighted by molar-refractivity contribution is 7.80. The number of carbonyl (C=O) groups is 5. The highest BCUT2D eigenvalue weighted by Gasteiger charge is 2.27. The summed E-state index contributed by atoms with van der Waals surface area (Å²) in [5.74, 6) is -4.79. The molecule has 1 heterocycles. The molecule has 1 aromatic heterocycles. The third kappa shape index (κ3) is 8.61. The van der Waals surface area contributed by atoms with Gasteiger partial charge in [-0.1, -0.05) is 0 Å². The molecule has 1 aromatic rings. The number of aliphatic carboxylic acids is 1. The lowest BCUT2D eigenvalue weighted by Gasteiger charge is -2.20. The van der Waals surface area contributed by atoms with Crippen molar-refractivity contribution in [1.29, 1.82) is 0 Å². The number of nitrogens with one attached hydrogen (secondary N) is 4. The van der Waals surface area contributed by atoms with Gasteiger partial charge in [0.25, 0.3) is 0 Å². The molecule has 4 amide bonds. The predicted molar refractivity (Wildman–Crippen MR) is 102 cm³/mol. The molecule has 1 rings (SSSR count). The molecule has 0 spiro atoms. The summed E-state index contributed by atoms with van der Waals surface area (Å²) >= 11 is 3.80. The van der Waals surface area contributed by atoms with Gasteiger partial charge in [-0.2, -0.15) is 12.6 Å². The van der Waals surface area contributed by atoms with E-state index in [0.717, 1.165) is 0 Å². The largest absolute Gasteiger partial charge is 0.480 e. The molecule has 0 saturated heterocycles. The number of hydrogen-bond acceptors (Lipinski definition) is 8. The fourth-order valence-electron chi connectivity index (χ4n) is 2.14. The molecule has 29 heavy (non-hydrogen) atoms. The number of aromatic amines is 1. The first kappa shape index (κ1) is 23.9. The zero-order chi connectivity index (χ0) is 22.0. The van der Waals surface area contributed by atoms with Crippen molar-refractivity contribution in [3.63, 3.8) is 0 Å². The first-order chi connectivity index (χ1) is 13.6. The molecule has 3 atom stereocenters. The molecule has 9 N–H and O–H groups in total. The normalized spacial score (nSPS) is 13.6. The van der Waals surface area contributed by atoms with Crippen LogP contribution in [0.2, 0.25) is 0 Å². The van der Waals surface area contributed by atoms with Gasteiger partial charge in [0.1, 0.15) is 12.1 Å². The number of hydrogen-bond donors (Lipinski definition) is 8. The van der Waals surface area contributed by atoms with Gasteiger partial charge >= 0.3 is 5.97 Å². The Morgan fingerprint density at radius 3 is 2.38 bits per heavy atom. The minimum absolute atomic E-state index is 0.167. The lowest BCUT2D eigenvalue weighted by atomic mass is 10.1. The minimum Gasteiger partial charge on any atom is -0.480 e. The lowest BCUT2D eigenvalue weighted by Crippen LogP contribution is -2.55. The number of amides is 4. The first-order valence-electron chi connectivity index (χ1n) is 8.36. The van der Waals surface area contributed by atoms with Crippen molar-refractivity contribution >= 4 is 42.2 Å². The molecular weight excluding hydrogens is 406 g/mol. The Hall–Kier alpha value is -3.13. The molecule has 13 nitrogen and oxygen atoms in total. The van der Waals surface area contributed by atoms with Crippen LogP contribution in [0.3, 0.4) is 0 Å². The van der Waals surface area contributed by atoms with Crippen molar-refractivity contribution in [2.75, 3.05) is 12.3 Å². The van der Waals surface area contributed by atoms with E-state index in [1.165, 1.54) is 12.5 Å². The summed E-state index contributed by atoms with van der Waals surface area (Å²) in [6.07, 6.45) is 2.53. The van der Waals surface area contributed by atoms with Crippen molar-refractivity contribution in [2.24, 2.45) is 11.5 Å². The van der Waals surface area contributed by atoms with Crippen molar-refractivity contribution < 1.29 is 29.1 Å². The van der Waals surface area contributed by atoms with E-state index in [0.29, 0.717) is 5.69 Å². The van der Waals surface area contributed by atoms with Gasteiger partial charge in [0.2, 0.25) is 23.6 Å². The van der Waals surface area contributed by atoms with Crippen LogP contribution in [0, 0.1) is 0 Å². The molecule has 0 aliphatic rings. The highest BCUT2D eigenvalue weighted by Crippen LogP contribution is 1.98. The van der Waals surface area contributed by atoms with E-state index in [9.17, 15) is 24.0 Å². The number of nitrogens with zero attached hydrogens (tertiary/aromatic N) is 1. The summed E-state index contributed by atoms with van der Waals surface area (Å²) in [4.78, 5) is 64.9. The number of rotatable bonds is 12. The van der Waals surface area contributed by atoms with Crippen LogP contribution in [0.25, 0.3) is 0 Å². The van der Waals surface area contributed by atoms with Crippen molar-refractivity contribution in [3.8, 4) is 0 Å². The van der Waals surface area contributed by atoms with Crippen LogP contribution in [-0.2, 0) is 30.4 Å². The molecule has 0 aliphatic heterocycles. The van der Waals surface area contributed by atoms with E-state index >= 15 is 0 Å². The summed E-state index contributed by atoms with van der Waals surface area (Å²) in [7, 11) is 0.